The van der Waals surface area contributed by atoms with Gasteiger partial charge in [0.2, 0.25) is 5.91 Å². The van der Waals surface area contributed by atoms with Gasteiger partial charge in [-0.05, 0) is 83.5 Å². The second kappa shape index (κ2) is 48.2. The predicted molar refractivity (Wildman–Crippen MR) is 253 cm³/mol. The van der Waals surface area contributed by atoms with E-state index < -0.39 is 12.1 Å². The van der Waals surface area contributed by atoms with Crippen LogP contribution < -0.4 is 5.32 Å². The summed E-state index contributed by atoms with van der Waals surface area (Å²) in [7, 11) is 0. The van der Waals surface area contributed by atoms with Crippen molar-refractivity contribution in [2.45, 2.75) is 251 Å². The highest BCUT2D eigenvalue weighted by Gasteiger charge is 2.17. The Morgan fingerprint density at radius 2 is 0.737 bits per heavy atom. The van der Waals surface area contributed by atoms with Crippen LogP contribution in [0.4, 0.5) is 0 Å². The predicted octanol–water partition coefficient (Wildman–Crippen LogP) is 15.9. The molecule has 0 spiro atoms. The van der Waals surface area contributed by atoms with Crippen LogP contribution in [0.1, 0.15) is 239 Å². The summed E-state index contributed by atoms with van der Waals surface area (Å²) in [6, 6.07) is -0.656. The minimum Gasteiger partial charge on any atom is -0.394 e. The second-order valence-corrected chi connectivity index (χ2v) is 16.5. The molecule has 0 fully saturated rings. The quantitative estimate of drug-likeness (QED) is 0.0425. The van der Waals surface area contributed by atoms with Gasteiger partial charge in [-0.1, -0.05) is 222 Å². The van der Waals surface area contributed by atoms with Gasteiger partial charge in [0.1, 0.15) is 0 Å². The van der Waals surface area contributed by atoms with Crippen molar-refractivity contribution in [2.24, 2.45) is 0 Å². The van der Waals surface area contributed by atoms with Crippen LogP contribution in [-0.2, 0) is 4.79 Å². The van der Waals surface area contributed by atoms with E-state index in [-0.39, 0.29) is 12.5 Å². The molecule has 4 nitrogen and oxygen atoms in total. The number of nitrogens with one attached hydrogen (secondary N) is 1. The lowest BCUT2D eigenvalue weighted by Gasteiger charge is -2.19. The summed E-state index contributed by atoms with van der Waals surface area (Å²) in [5, 5.41) is 23.0. The average Bonchev–Trinajstić information content (AvgIpc) is 3.22. The molecule has 2 unspecified atom stereocenters. The van der Waals surface area contributed by atoms with Crippen molar-refractivity contribution in [3.05, 3.63) is 72.9 Å². The monoisotopic (exact) mass is 794 g/mol. The van der Waals surface area contributed by atoms with Crippen molar-refractivity contribution in [1.29, 1.82) is 0 Å². The van der Waals surface area contributed by atoms with E-state index in [9.17, 15) is 15.0 Å². The van der Waals surface area contributed by atoms with Gasteiger partial charge in [0.05, 0.1) is 18.8 Å². The minimum atomic E-state index is -0.880. The molecule has 0 aromatic rings. The number of rotatable bonds is 44. The highest BCUT2D eigenvalue weighted by atomic mass is 16.3. The zero-order valence-electron chi connectivity index (χ0n) is 37.8. The number of hydrogen-bond acceptors (Lipinski definition) is 3. The first-order chi connectivity index (χ1) is 28.2. The molecule has 0 bridgehead atoms. The topological polar surface area (TPSA) is 69.6 Å². The summed E-state index contributed by atoms with van der Waals surface area (Å²) in [4.78, 5) is 12.4. The van der Waals surface area contributed by atoms with E-state index in [1.807, 2.05) is 6.08 Å². The van der Waals surface area contributed by atoms with Crippen LogP contribution in [0.15, 0.2) is 72.9 Å². The van der Waals surface area contributed by atoms with Gasteiger partial charge < -0.3 is 15.5 Å². The van der Waals surface area contributed by atoms with E-state index in [0.29, 0.717) is 6.42 Å². The number of unbranched alkanes of at least 4 members (excludes halogenated alkanes) is 27. The molecule has 3 N–H and O–H groups in total. The molecule has 0 aliphatic carbocycles. The molecule has 330 valence electrons. The molecule has 0 heterocycles. The van der Waals surface area contributed by atoms with Gasteiger partial charge in [0.15, 0.2) is 0 Å². The van der Waals surface area contributed by atoms with E-state index in [2.05, 4.69) is 79.9 Å². The van der Waals surface area contributed by atoms with E-state index in [1.165, 1.54) is 154 Å². The third-order valence-electron chi connectivity index (χ3n) is 10.9. The number of carbonyl (C=O) groups excluding carboxylic acids is 1. The van der Waals surface area contributed by atoms with Gasteiger partial charge in [0.25, 0.3) is 0 Å². The SMILES string of the molecule is CCCCC/C=C\C/C=C\C/C=C\CCCCCCCCC(=O)NC(CO)C(O)/C=C/CC/C=C/CC/C=C/CCCCCCCCCCCCCCCCCC. The summed E-state index contributed by atoms with van der Waals surface area (Å²) in [6.07, 6.45) is 68.9. The Labute approximate surface area is 355 Å². The lowest BCUT2D eigenvalue weighted by Crippen LogP contribution is -2.45. The summed E-state index contributed by atoms with van der Waals surface area (Å²) < 4.78 is 0. The fraction of sp³-hybridized carbons (Fsp3) is 0.755. The Balaban J connectivity index is 3.65. The number of hydrogen-bond donors (Lipinski definition) is 3. The summed E-state index contributed by atoms with van der Waals surface area (Å²) in [5.41, 5.74) is 0. The number of carbonyl (C=O) groups is 1. The molecule has 0 saturated carbocycles. The van der Waals surface area contributed by atoms with Gasteiger partial charge in [-0.3, -0.25) is 4.79 Å². The van der Waals surface area contributed by atoms with Crippen molar-refractivity contribution < 1.29 is 15.0 Å². The molecule has 57 heavy (non-hydrogen) atoms. The van der Waals surface area contributed by atoms with Crippen molar-refractivity contribution >= 4 is 5.91 Å². The number of allylic oxidation sites excluding steroid dienone is 11. The standard InChI is InChI=1S/C53H95NO3/c1-3-5-7-9-11-13-15-17-19-21-23-24-25-26-27-28-29-31-32-34-36-38-40-42-44-46-48-52(56)51(50-55)54-53(57)49-47-45-43-41-39-37-35-33-30-22-20-18-16-14-12-10-8-6-4-2/h12,14,18,20,30-33,38,40,46,48,51-52,55-56H,3-11,13,15-17,19,21-29,34-37,39,41-45,47,49-50H2,1-2H3,(H,54,57)/b14-12-,20-18-,32-31+,33-30-,40-38+,48-46+. The Morgan fingerprint density at radius 1 is 0.421 bits per heavy atom. The zero-order valence-corrected chi connectivity index (χ0v) is 37.8. The van der Waals surface area contributed by atoms with E-state index in [1.54, 1.807) is 6.08 Å². The van der Waals surface area contributed by atoms with E-state index in [0.717, 1.165) is 64.2 Å². The molecule has 1 amide bonds. The van der Waals surface area contributed by atoms with E-state index >= 15 is 0 Å². The van der Waals surface area contributed by atoms with Crippen LogP contribution in [0.3, 0.4) is 0 Å². The number of amides is 1. The maximum atomic E-state index is 12.4. The minimum absolute atomic E-state index is 0.0920. The van der Waals surface area contributed by atoms with Crippen LogP contribution in [0.5, 0.6) is 0 Å². The Bertz CT molecular complexity index is 992. The number of aliphatic hydroxyl groups excluding tert-OH is 2. The summed E-state index contributed by atoms with van der Waals surface area (Å²) in [6.45, 7) is 4.27. The highest BCUT2D eigenvalue weighted by Crippen LogP contribution is 2.15. The van der Waals surface area contributed by atoms with Gasteiger partial charge in [0, 0.05) is 6.42 Å². The van der Waals surface area contributed by atoms with Crippen molar-refractivity contribution in [3.63, 3.8) is 0 Å². The molecule has 2 atom stereocenters. The smallest absolute Gasteiger partial charge is 0.220 e. The first kappa shape index (κ1) is 54.8. The number of aliphatic hydroxyl groups is 2. The Kier molecular flexibility index (Phi) is 46.4. The molecule has 0 aliphatic rings. The fourth-order valence-electron chi connectivity index (χ4n) is 7.10. The molecule has 0 saturated heterocycles. The summed E-state index contributed by atoms with van der Waals surface area (Å²) in [5.74, 6) is -0.0920. The first-order valence-electron chi connectivity index (χ1n) is 24.7. The van der Waals surface area contributed by atoms with Crippen molar-refractivity contribution in [2.75, 3.05) is 6.61 Å². The van der Waals surface area contributed by atoms with Crippen LogP contribution in [0.25, 0.3) is 0 Å². The Hall–Kier alpha value is -2.17. The molecule has 0 radical (unpaired) electrons. The Morgan fingerprint density at radius 3 is 1.18 bits per heavy atom. The molecular weight excluding hydrogens is 699 g/mol. The van der Waals surface area contributed by atoms with Crippen LogP contribution in [-0.4, -0.2) is 34.9 Å². The van der Waals surface area contributed by atoms with Gasteiger partial charge >= 0.3 is 0 Å². The molecule has 0 rings (SSSR count). The van der Waals surface area contributed by atoms with Gasteiger partial charge in [-0.25, -0.2) is 0 Å². The average molecular weight is 794 g/mol. The van der Waals surface area contributed by atoms with Gasteiger partial charge in [-0.15, -0.1) is 0 Å². The normalized spacial score (nSPS) is 13.5. The van der Waals surface area contributed by atoms with Gasteiger partial charge in [-0.2, -0.15) is 0 Å². The third-order valence-corrected chi connectivity index (χ3v) is 10.9. The maximum absolute atomic E-state index is 12.4. The van der Waals surface area contributed by atoms with Crippen molar-refractivity contribution in [1.82, 2.24) is 5.32 Å². The molecule has 4 heteroatoms. The maximum Gasteiger partial charge on any atom is 0.220 e. The van der Waals surface area contributed by atoms with Crippen LogP contribution in [0, 0.1) is 0 Å². The summed E-state index contributed by atoms with van der Waals surface area (Å²) >= 11 is 0. The fourth-order valence-corrected chi connectivity index (χ4v) is 7.10. The lowest BCUT2D eigenvalue weighted by molar-refractivity contribution is -0.123. The van der Waals surface area contributed by atoms with Crippen molar-refractivity contribution in [3.8, 4) is 0 Å². The first-order valence-corrected chi connectivity index (χ1v) is 24.7. The second-order valence-electron chi connectivity index (χ2n) is 16.5. The highest BCUT2D eigenvalue weighted by molar-refractivity contribution is 5.76. The van der Waals surface area contributed by atoms with E-state index in [4.69, 9.17) is 0 Å². The molecule has 0 aromatic heterocycles. The zero-order chi connectivity index (χ0) is 41.4. The molecular formula is C53H95NO3. The molecule has 0 aliphatic heterocycles. The molecule has 0 aromatic carbocycles. The lowest BCUT2D eigenvalue weighted by atomic mass is 10.0. The third kappa shape index (κ3) is 44.8. The van der Waals surface area contributed by atoms with Crippen LogP contribution in [0.2, 0.25) is 0 Å². The van der Waals surface area contributed by atoms with Crippen LogP contribution >= 0.6 is 0 Å². The largest absolute Gasteiger partial charge is 0.394 e.